The molecule has 0 spiro atoms. The van der Waals surface area contributed by atoms with Crippen molar-refractivity contribution in [1.29, 1.82) is 0 Å². The topological polar surface area (TPSA) is 92.5 Å². The number of aliphatic carboxylic acids is 1. The van der Waals surface area contributed by atoms with Gasteiger partial charge in [-0.05, 0) is 19.3 Å². The molecule has 0 aliphatic heterocycles. The van der Waals surface area contributed by atoms with Gasteiger partial charge in [-0.2, -0.15) is 9.40 Å². The van der Waals surface area contributed by atoms with Crippen molar-refractivity contribution in [3.05, 3.63) is 12.4 Å². The van der Waals surface area contributed by atoms with Crippen molar-refractivity contribution >= 4 is 16.0 Å². The molecule has 120 valence electrons. The normalized spacial score (nSPS) is 13.8. The Morgan fingerprint density at radius 2 is 2.05 bits per heavy atom. The van der Waals surface area contributed by atoms with Gasteiger partial charge < -0.3 is 5.11 Å². The molecule has 0 saturated carbocycles. The fraction of sp³-hybridized carbons (Fsp3) is 0.692. The highest BCUT2D eigenvalue weighted by atomic mass is 32.2. The van der Waals surface area contributed by atoms with Crippen LogP contribution in [0.3, 0.4) is 0 Å². The molecule has 7 nitrogen and oxygen atoms in total. The Hall–Kier alpha value is -1.41. The third kappa shape index (κ3) is 4.82. The van der Waals surface area contributed by atoms with Crippen LogP contribution in [0.4, 0.5) is 0 Å². The van der Waals surface area contributed by atoms with Gasteiger partial charge in [-0.3, -0.25) is 9.48 Å². The molecule has 1 atom stereocenters. The van der Waals surface area contributed by atoms with Crippen molar-refractivity contribution < 1.29 is 18.3 Å². The van der Waals surface area contributed by atoms with E-state index in [-0.39, 0.29) is 23.9 Å². The molecule has 21 heavy (non-hydrogen) atoms. The summed E-state index contributed by atoms with van der Waals surface area (Å²) in [7, 11) is -2.05. The Morgan fingerprint density at radius 1 is 1.43 bits per heavy atom. The molecule has 0 amide bonds. The van der Waals surface area contributed by atoms with Gasteiger partial charge in [0.2, 0.25) is 10.0 Å². The number of hydrogen-bond acceptors (Lipinski definition) is 4. The molecular weight excluding hydrogens is 294 g/mol. The maximum absolute atomic E-state index is 12.5. The molecule has 0 aromatic carbocycles. The van der Waals surface area contributed by atoms with E-state index < -0.39 is 16.0 Å². The Balaban J connectivity index is 2.85. The zero-order chi connectivity index (χ0) is 16.2. The van der Waals surface area contributed by atoms with E-state index in [1.54, 1.807) is 7.05 Å². The molecule has 1 rings (SSSR count). The molecule has 8 heteroatoms. The molecule has 1 unspecified atom stereocenters. The van der Waals surface area contributed by atoms with Gasteiger partial charge in [0.1, 0.15) is 4.90 Å². The summed E-state index contributed by atoms with van der Waals surface area (Å²) < 4.78 is 27.6. The van der Waals surface area contributed by atoms with Crippen LogP contribution in [0.5, 0.6) is 0 Å². The van der Waals surface area contributed by atoms with E-state index in [1.165, 1.54) is 21.4 Å². The van der Waals surface area contributed by atoms with Gasteiger partial charge >= 0.3 is 5.97 Å². The van der Waals surface area contributed by atoms with Gasteiger partial charge in [0.15, 0.2) is 0 Å². The van der Waals surface area contributed by atoms with Gasteiger partial charge in [0.05, 0.1) is 19.2 Å². The second-order valence-corrected chi connectivity index (χ2v) is 7.58. The summed E-state index contributed by atoms with van der Waals surface area (Å²) in [4.78, 5) is 10.6. The quantitative estimate of drug-likeness (QED) is 0.782. The number of carboxylic acids is 1. The number of carboxylic acid groups (broad SMARTS) is 1. The fourth-order valence-corrected chi connectivity index (χ4v) is 3.37. The Kier molecular flexibility index (Phi) is 5.91. The Labute approximate surface area is 125 Å². The molecule has 0 radical (unpaired) electrons. The molecule has 0 saturated heterocycles. The first-order valence-corrected chi connectivity index (χ1v) is 8.31. The second-order valence-electron chi connectivity index (χ2n) is 5.58. The van der Waals surface area contributed by atoms with Gasteiger partial charge in [-0.15, -0.1) is 0 Å². The Morgan fingerprint density at radius 3 is 2.57 bits per heavy atom. The lowest BCUT2D eigenvalue weighted by Gasteiger charge is -2.24. The van der Waals surface area contributed by atoms with Crippen LogP contribution in [0.25, 0.3) is 0 Å². The third-order valence-corrected chi connectivity index (χ3v) is 5.20. The number of sulfonamides is 1. The predicted molar refractivity (Wildman–Crippen MR) is 78.3 cm³/mol. The van der Waals surface area contributed by atoms with Crippen LogP contribution >= 0.6 is 0 Å². The summed E-state index contributed by atoms with van der Waals surface area (Å²) in [5.74, 6) is -0.548. The summed E-state index contributed by atoms with van der Waals surface area (Å²) in [6.45, 7) is 6.10. The van der Waals surface area contributed by atoms with E-state index in [2.05, 4.69) is 5.10 Å². The van der Waals surface area contributed by atoms with E-state index in [4.69, 9.17) is 5.11 Å². The number of nitrogens with zero attached hydrogens (tertiary/aromatic N) is 3. The fourth-order valence-electron chi connectivity index (χ4n) is 2.04. The van der Waals surface area contributed by atoms with Crippen molar-refractivity contribution in [2.24, 2.45) is 5.92 Å². The lowest BCUT2D eigenvalue weighted by molar-refractivity contribution is -0.137. The molecule has 1 heterocycles. The van der Waals surface area contributed by atoms with Crippen LogP contribution in [0, 0.1) is 5.92 Å². The van der Waals surface area contributed by atoms with E-state index >= 15 is 0 Å². The lowest BCUT2D eigenvalue weighted by atomic mass is 10.1. The molecule has 0 aliphatic carbocycles. The second kappa shape index (κ2) is 7.04. The van der Waals surface area contributed by atoms with Crippen LogP contribution in [0.2, 0.25) is 0 Å². The maximum atomic E-state index is 12.5. The van der Waals surface area contributed by atoms with Crippen LogP contribution in [0.1, 0.15) is 33.6 Å². The van der Waals surface area contributed by atoms with E-state index in [9.17, 15) is 13.2 Å². The van der Waals surface area contributed by atoms with Crippen molar-refractivity contribution in [3.8, 4) is 0 Å². The molecule has 1 N–H and O–H groups in total. The minimum atomic E-state index is -3.60. The van der Waals surface area contributed by atoms with Crippen molar-refractivity contribution in [1.82, 2.24) is 14.1 Å². The van der Waals surface area contributed by atoms with Crippen molar-refractivity contribution in [2.45, 2.75) is 51.1 Å². The predicted octanol–water partition coefficient (Wildman–Crippen LogP) is 1.41. The van der Waals surface area contributed by atoms with Crippen LogP contribution < -0.4 is 0 Å². The number of rotatable bonds is 8. The monoisotopic (exact) mass is 317 g/mol. The number of aromatic nitrogens is 2. The summed E-state index contributed by atoms with van der Waals surface area (Å²) >= 11 is 0. The highest BCUT2D eigenvalue weighted by molar-refractivity contribution is 7.89. The SMILES string of the molecule is CC(C)CC(C)N(C)S(=O)(=O)c1cnn(CCC(=O)O)c1. The Bertz CT molecular complexity index is 580. The molecule has 0 aliphatic rings. The van der Waals surface area contributed by atoms with E-state index in [1.807, 2.05) is 20.8 Å². The molecular formula is C13H23N3O4S. The average Bonchev–Trinajstić information content (AvgIpc) is 2.83. The third-order valence-electron chi connectivity index (χ3n) is 3.27. The average molecular weight is 317 g/mol. The van der Waals surface area contributed by atoms with E-state index in [0.29, 0.717) is 5.92 Å². The first-order valence-electron chi connectivity index (χ1n) is 6.87. The number of hydrogen-bond donors (Lipinski definition) is 1. The van der Waals surface area contributed by atoms with Gasteiger partial charge in [-0.25, -0.2) is 8.42 Å². The standard InChI is InChI=1S/C13H23N3O4S/c1-10(2)7-11(3)15(4)21(19,20)12-8-14-16(9-12)6-5-13(17)18/h8-11H,5-7H2,1-4H3,(H,17,18). The summed E-state index contributed by atoms with van der Waals surface area (Å²) in [5, 5.41) is 12.5. The van der Waals surface area contributed by atoms with Crippen LogP contribution in [-0.2, 0) is 21.4 Å². The van der Waals surface area contributed by atoms with Crippen LogP contribution in [-0.4, -0.2) is 46.7 Å². The first-order chi connectivity index (χ1) is 9.64. The number of carbonyl (C=O) groups is 1. The molecule has 1 aromatic heterocycles. The zero-order valence-corrected chi connectivity index (χ0v) is 13.7. The summed E-state index contributed by atoms with van der Waals surface area (Å²) in [5.41, 5.74) is 0. The number of aryl methyl sites for hydroxylation is 1. The van der Waals surface area contributed by atoms with Gasteiger partial charge in [0.25, 0.3) is 0 Å². The highest BCUT2D eigenvalue weighted by Crippen LogP contribution is 2.19. The summed E-state index contributed by atoms with van der Waals surface area (Å²) in [6.07, 6.45) is 3.30. The zero-order valence-electron chi connectivity index (χ0n) is 12.9. The van der Waals surface area contributed by atoms with Crippen molar-refractivity contribution in [2.75, 3.05) is 7.05 Å². The minimum Gasteiger partial charge on any atom is -0.481 e. The lowest BCUT2D eigenvalue weighted by Crippen LogP contribution is -2.35. The first kappa shape index (κ1) is 17.6. The smallest absolute Gasteiger partial charge is 0.305 e. The minimum absolute atomic E-state index is 0.0889. The summed E-state index contributed by atoms with van der Waals surface area (Å²) in [6, 6.07) is -0.114. The maximum Gasteiger partial charge on any atom is 0.305 e. The highest BCUT2D eigenvalue weighted by Gasteiger charge is 2.27. The molecule has 1 aromatic rings. The largest absolute Gasteiger partial charge is 0.481 e. The van der Waals surface area contributed by atoms with E-state index in [0.717, 1.165) is 6.42 Å². The van der Waals surface area contributed by atoms with Gasteiger partial charge in [0, 0.05) is 19.3 Å². The van der Waals surface area contributed by atoms with Gasteiger partial charge in [-0.1, -0.05) is 13.8 Å². The molecule has 0 fully saturated rings. The van der Waals surface area contributed by atoms with Crippen molar-refractivity contribution in [3.63, 3.8) is 0 Å². The molecule has 0 bridgehead atoms. The van der Waals surface area contributed by atoms with Crippen LogP contribution in [0.15, 0.2) is 17.3 Å².